The third-order valence-corrected chi connectivity index (χ3v) is 7.03. The molecule has 0 saturated heterocycles. The Labute approximate surface area is 170 Å². The number of nitrogens with one attached hydrogen (secondary N) is 1. The zero-order valence-electron chi connectivity index (χ0n) is 15.9. The van der Waals surface area contributed by atoms with Crippen molar-refractivity contribution in [3.8, 4) is 0 Å². The van der Waals surface area contributed by atoms with Crippen molar-refractivity contribution in [1.82, 2.24) is 24.5 Å². The lowest BCUT2D eigenvalue weighted by atomic mass is 9.85. The molecule has 29 heavy (non-hydrogen) atoms. The maximum atomic E-state index is 13.6. The number of nitrogen functional groups attached to an aromatic ring is 1. The topological polar surface area (TPSA) is 112 Å². The highest BCUT2D eigenvalue weighted by Crippen LogP contribution is 2.35. The summed E-state index contributed by atoms with van der Waals surface area (Å²) in [5.41, 5.74) is 7.73. The Morgan fingerprint density at radius 1 is 1.17 bits per heavy atom. The molecule has 0 spiro atoms. The molecule has 3 N–H and O–H groups in total. The van der Waals surface area contributed by atoms with Gasteiger partial charge in [-0.15, -0.1) is 11.3 Å². The summed E-state index contributed by atoms with van der Waals surface area (Å²) in [4.78, 5) is 30.3. The number of carbonyl (C=O) groups excluding carboxylic acids is 1. The van der Waals surface area contributed by atoms with Crippen molar-refractivity contribution in [3.63, 3.8) is 0 Å². The SMILES string of the molecule is Nc1nc(F)nc2c1ncn2[C@H]1CC[C@@H](C(=O)Nc2nc3c(s2)CCCC3)CC1. The van der Waals surface area contributed by atoms with E-state index in [4.69, 9.17) is 5.73 Å². The number of nitrogens with two attached hydrogens (primary N) is 1. The third kappa shape index (κ3) is 3.45. The smallest absolute Gasteiger partial charge is 0.312 e. The van der Waals surface area contributed by atoms with E-state index in [0.717, 1.165) is 49.4 Å². The number of anilines is 2. The highest BCUT2D eigenvalue weighted by molar-refractivity contribution is 7.15. The molecule has 2 aliphatic rings. The lowest BCUT2D eigenvalue weighted by molar-refractivity contribution is -0.120. The molecular formula is C19H22FN7OS. The first kappa shape index (κ1) is 18.4. The number of halogens is 1. The fourth-order valence-electron chi connectivity index (χ4n) is 4.41. The van der Waals surface area contributed by atoms with E-state index in [1.807, 2.05) is 4.57 Å². The van der Waals surface area contributed by atoms with Crippen LogP contribution < -0.4 is 11.1 Å². The van der Waals surface area contributed by atoms with E-state index in [1.165, 1.54) is 17.7 Å². The van der Waals surface area contributed by atoms with Gasteiger partial charge in [0.05, 0.1) is 12.0 Å². The fourth-order valence-corrected chi connectivity index (χ4v) is 5.46. The molecule has 0 radical (unpaired) electrons. The number of amides is 1. The zero-order valence-corrected chi connectivity index (χ0v) is 16.7. The Balaban J connectivity index is 1.25. The van der Waals surface area contributed by atoms with Crippen molar-refractivity contribution in [1.29, 1.82) is 0 Å². The summed E-state index contributed by atoms with van der Waals surface area (Å²) in [6, 6.07) is 0.116. The summed E-state index contributed by atoms with van der Waals surface area (Å²) in [6.07, 6.45) is 8.35. The van der Waals surface area contributed by atoms with Crippen LogP contribution in [0.3, 0.4) is 0 Å². The Kier molecular flexibility index (Phi) is 4.65. The van der Waals surface area contributed by atoms with Gasteiger partial charge in [-0.2, -0.15) is 14.4 Å². The Bertz CT molecular complexity index is 1050. The lowest BCUT2D eigenvalue weighted by Gasteiger charge is -2.28. The van der Waals surface area contributed by atoms with E-state index in [0.29, 0.717) is 11.2 Å². The summed E-state index contributed by atoms with van der Waals surface area (Å²) < 4.78 is 15.4. The van der Waals surface area contributed by atoms with Crippen LogP contribution in [0.25, 0.3) is 11.2 Å². The van der Waals surface area contributed by atoms with Gasteiger partial charge < -0.3 is 15.6 Å². The molecule has 3 aromatic heterocycles. The van der Waals surface area contributed by atoms with E-state index in [2.05, 4.69) is 25.3 Å². The number of hydrogen-bond donors (Lipinski definition) is 2. The number of fused-ring (bicyclic) bond motifs is 2. The Morgan fingerprint density at radius 3 is 2.76 bits per heavy atom. The molecule has 0 bridgehead atoms. The standard InChI is InChI=1S/C19H22FN7OS/c20-18-24-15(21)14-16(25-18)27(9-22-14)11-7-5-10(6-8-11)17(28)26-19-23-12-3-1-2-4-13(12)29-19/h9-11H,1-8H2,(H2,21,24,25)(H,23,26,28)/t10-,11+. The molecule has 3 heterocycles. The first-order valence-corrected chi connectivity index (χ1v) is 10.8. The predicted octanol–water partition coefficient (Wildman–Crippen LogP) is 3.25. The second-order valence-electron chi connectivity index (χ2n) is 7.79. The molecule has 2 aliphatic carbocycles. The van der Waals surface area contributed by atoms with Crippen molar-refractivity contribution < 1.29 is 9.18 Å². The van der Waals surface area contributed by atoms with Gasteiger partial charge in [0, 0.05) is 16.8 Å². The van der Waals surface area contributed by atoms with Gasteiger partial charge in [-0.3, -0.25) is 4.79 Å². The predicted molar refractivity (Wildman–Crippen MR) is 108 cm³/mol. The van der Waals surface area contributed by atoms with Crippen molar-refractivity contribution in [2.24, 2.45) is 5.92 Å². The van der Waals surface area contributed by atoms with E-state index in [-0.39, 0.29) is 23.7 Å². The van der Waals surface area contributed by atoms with Gasteiger partial charge in [-0.1, -0.05) is 0 Å². The highest BCUT2D eigenvalue weighted by atomic mass is 32.1. The minimum Gasteiger partial charge on any atom is -0.382 e. The number of hydrogen-bond acceptors (Lipinski definition) is 7. The molecule has 0 aromatic carbocycles. The maximum absolute atomic E-state index is 13.6. The van der Waals surface area contributed by atoms with E-state index >= 15 is 0 Å². The fraction of sp³-hybridized carbons (Fsp3) is 0.526. The van der Waals surface area contributed by atoms with E-state index in [1.54, 1.807) is 17.7 Å². The van der Waals surface area contributed by atoms with Crippen molar-refractivity contribution in [2.75, 3.05) is 11.1 Å². The number of imidazole rings is 1. The second kappa shape index (κ2) is 7.33. The Morgan fingerprint density at radius 2 is 1.97 bits per heavy atom. The van der Waals surface area contributed by atoms with Crippen LogP contribution in [0.2, 0.25) is 0 Å². The average Bonchev–Trinajstić information content (AvgIpc) is 3.31. The van der Waals surface area contributed by atoms with Crippen LogP contribution in [0.1, 0.15) is 55.1 Å². The molecule has 0 aliphatic heterocycles. The van der Waals surface area contributed by atoms with Gasteiger partial charge in [-0.25, -0.2) is 9.97 Å². The van der Waals surface area contributed by atoms with Gasteiger partial charge in [0.25, 0.3) is 0 Å². The zero-order chi connectivity index (χ0) is 20.0. The summed E-state index contributed by atoms with van der Waals surface area (Å²) in [7, 11) is 0. The average molecular weight is 415 g/mol. The van der Waals surface area contributed by atoms with Crippen molar-refractivity contribution in [3.05, 3.63) is 23.0 Å². The summed E-state index contributed by atoms with van der Waals surface area (Å²) in [6.45, 7) is 0. The molecule has 3 aromatic rings. The maximum Gasteiger partial charge on any atom is 0.312 e. The summed E-state index contributed by atoms with van der Waals surface area (Å²) in [5, 5.41) is 3.75. The monoisotopic (exact) mass is 415 g/mol. The first-order valence-electron chi connectivity index (χ1n) is 10.0. The van der Waals surface area contributed by atoms with E-state index in [9.17, 15) is 9.18 Å². The largest absolute Gasteiger partial charge is 0.382 e. The molecule has 1 fully saturated rings. The van der Waals surface area contributed by atoms with Gasteiger partial charge in [0.15, 0.2) is 16.6 Å². The number of rotatable bonds is 3. The lowest BCUT2D eigenvalue weighted by Crippen LogP contribution is -2.28. The second-order valence-corrected chi connectivity index (χ2v) is 8.88. The quantitative estimate of drug-likeness (QED) is 0.635. The highest BCUT2D eigenvalue weighted by Gasteiger charge is 2.29. The molecular weight excluding hydrogens is 393 g/mol. The van der Waals surface area contributed by atoms with Gasteiger partial charge in [-0.05, 0) is 51.4 Å². The van der Waals surface area contributed by atoms with Crippen LogP contribution in [0.4, 0.5) is 15.3 Å². The number of aryl methyl sites for hydroxylation is 2. The minimum atomic E-state index is -0.851. The van der Waals surface area contributed by atoms with Crippen LogP contribution in [0, 0.1) is 12.0 Å². The minimum absolute atomic E-state index is 0.0432. The van der Waals surface area contributed by atoms with Crippen LogP contribution in [0.15, 0.2) is 6.33 Å². The molecule has 8 nitrogen and oxygen atoms in total. The van der Waals surface area contributed by atoms with Gasteiger partial charge in [0.1, 0.15) is 5.52 Å². The summed E-state index contributed by atoms with van der Waals surface area (Å²) >= 11 is 1.61. The molecule has 152 valence electrons. The number of aromatic nitrogens is 5. The molecule has 0 atom stereocenters. The number of thiazole rings is 1. The first-order chi connectivity index (χ1) is 14.1. The van der Waals surface area contributed by atoms with Crippen LogP contribution in [-0.4, -0.2) is 30.4 Å². The van der Waals surface area contributed by atoms with Crippen molar-refractivity contribution >= 4 is 39.4 Å². The van der Waals surface area contributed by atoms with Crippen LogP contribution >= 0.6 is 11.3 Å². The third-order valence-electron chi connectivity index (χ3n) is 5.96. The normalized spacial score (nSPS) is 21.8. The Hall–Kier alpha value is -2.62. The van der Waals surface area contributed by atoms with Crippen LogP contribution in [0.5, 0.6) is 0 Å². The van der Waals surface area contributed by atoms with Crippen LogP contribution in [-0.2, 0) is 17.6 Å². The molecule has 5 rings (SSSR count). The molecule has 0 unspecified atom stereocenters. The number of carbonyl (C=O) groups is 1. The van der Waals surface area contributed by atoms with Crippen molar-refractivity contribution in [2.45, 2.75) is 57.4 Å². The van der Waals surface area contributed by atoms with E-state index < -0.39 is 6.08 Å². The van der Waals surface area contributed by atoms with Gasteiger partial charge in [0.2, 0.25) is 5.91 Å². The molecule has 10 heteroatoms. The number of nitrogens with zero attached hydrogens (tertiary/aromatic N) is 5. The van der Waals surface area contributed by atoms with Gasteiger partial charge >= 0.3 is 6.08 Å². The summed E-state index contributed by atoms with van der Waals surface area (Å²) in [5.74, 6) is 0.0477. The molecule has 1 amide bonds. The molecule has 1 saturated carbocycles.